The van der Waals surface area contributed by atoms with Crippen molar-refractivity contribution in [1.82, 2.24) is 19.6 Å². The van der Waals surface area contributed by atoms with Crippen LogP contribution in [0.3, 0.4) is 0 Å². The molecule has 0 unspecified atom stereocenters. The molecule has 0 saturated carbocycles. The van der Waals surface area contributed by atoms with Crippen molar-refractivity contribution in [2.45, 2.75) is 12.1 Å². The Kier molecular flexibility index (Phi) is 5.20. The van der Waals surface area contributed by atoms with Gasteiger partial charge in [0.25, 0.3) is 5.78 Å². The van der Waals surface area contributed by atoms with Crippen molar-refractivity contribution >= 4 is 29.1 Å². The standard InChI is InChI=1S/C20H17N5O2S/c1-14-7-9-15(10-8-14)27-17-6-3-2-5-16(17)22-18(26)13-28-20-23-19-21-11-4-12-25(19)24-20/h2-12H,13H2,1H3,(H,22,26). The van der Waals surface area contributed by atoms with Gasteiger partial charge in [0.15, 0.2) is 5.75 Å². The second-order valence-corrected chi connectivity index (χ2v) is 6.95. The maximum Gasteiger partial charge on any atom is 0.253 e. The Hall–Kier alpha value is -3.39. The summed E-state index contributed by atoms with van der Waals surface area (Å²) in [4.78, 5) is 20.8. The number of aryl methyl sites for hydroxylation is 1. The van der Waals surface area contributed by atoms with E-state index >= 15 is 0 Å². The predicted molar refractivity (Wildman–Crippen MR) is 108 cm³/mol. The largest absolute Gasteiger partial charge is 0.455 e. The summed E-state index contributed by atoms with van der Waals surface area (Å²) in [6, 6.07) is 16.8. The van der Waals surface area contributed by atoms with Gasteiger partial charge in [-0.05, 0) is 37.3 Å². The van der Waals surface area contributed by atoms with E-state index in [0.29, 0.717) is 28.1 Å². The van der Waals surface area contributed by atoms with Crippen LogP contribution in [0.1, 0.15) is 5.56 Å². The Morgan fingerprint density at radius 1 is 1.14 bits per heavy atom. The highest BCUT2D eigenvalue weighted by Gasteiger charge is 2.11. The van der Waals surface area contributed by atoms with Crippen LogP contribution in [0.25, 0.3) is 5.78 Å². The Morgan fingerprint density at radius 2 is 1.96 bits per heavy atom. The number of ether oxygens (including phenoxy) is 1. The number of amides is 1. The van der Waals surface area contributed by atoms with E-state index in [-0.39, 0.29) is 11.7 Å². The molecule has 4 rings (SSSR count). The first-order valence-corrected chi connectivity index (χ1v) is 9.59. The van der Waals surface area contributed by atoms with Crippen molar-refractivity contribution in [3.63, 3.8) is 0 Å². The van der Waals surface area contributed by atoms with Gasteiger partial charge in [-0.3, -0.25) is 4.79 Å². The zero-order valence-electron chi connectivity index (χ0n) is 15.1. The van der Waals surface area contributed by atoms with Gasteiger partial charge in [-0.2, -0.15) is 4.98 Å². The van der Waals surface area contributed by atoms with Crippen LogP contribution in [0, 0.1) is 6.92 Å². The molecule has 4 aromatic rings. The van der Waals surface area contributed by atoms with Crippen molar-refractivity contribution in [2.24, 2.45) is 0 Å². The zero-order chi connectivity index (χ0) is 19.3. The normalized spacial score (nSPS) is 10.8. The third-order valence-corrected chi connectivity index (χ3v) is 4.68. The van der Waals surface area contributed by atoms with E-state index in [9.17, 15) is 4.79 Å². The van der Waals surface area contributed by atoms with Gasteiger partial charge in [0.1, 0.15) is 5.75 Å². The quantitative estimate of drug-likeness (QED) is 0.501. The van der Waals surface area contributed by atoms with Crippen LogP contribution >= 0.6 is 11.8 Å². The van der Waals surface area contributed by atoms with E-state index < -0.39 is 0 Å². The minimum absolute atomic E-state index is 0.170. The average molecular weight is 391 g/mol. The number of nitrogens with zero attached hydrogens (tertiary/aromatic N) is 4. The van der Waals surface area contributed by atoms with Crippen molar-refractivity contribution in [3.05, 3.63) is 72.6 Å². The van der Waals surface area contributed by atoms with E-state index in [4.69, 9.17) is 4.74 Å². The summed E-state index contributed by atoms with van der Waals surface area (Å²) in [5, 5.41) is 7.66. The van der Waals surface area contributed by atoms with Gasteiger partial charge >= 0.3 is 0 Å². The fraction of sp³-hybridized carbons (Fsp3) is 0.100. The summed E-state index contributed by atoms with van der Waals surface area (Å²) < 4.78 is 7.48. The third-order valence-electron chi connectivity index (χ3n) is 3.84. The first-order valence-electron chi connectivity index (χ1n) is 8.61. The van der Waals surface area contributed by atoms with Crippen molar-refractivity contribution in [3.8, 4) is 11.5 Å². The number of nitrogens with one attached hydrogen (secondary N) is 1. The topological polar surface area (TPSA) is 81.4 Å². The summed E-state index contributed by atoms with van der Waals surface area (Å²) in [7, 11) is 0. The second kappa shape index (κ2) is 8.10. The summed E-state index contributed by atoms with van der Waals surface area (Å²) >= 11 is 1.25. The third kappa shape index (κ3) is 4.29. The van der Waals surface area contributed by atoms with Gasteiger partial charge in [-0.25, -0.2) is 9.50 Å². The molecule has 0 aliphatic heterocycles. The monoisotopic (exact) mass is 391 g/mol. The first kappa shape index (κ1) is 18.0. The van der Waals surface area contributed by atoms with Crippen molar-refractivity contribution in [2.75, 3.05) is 11.1 Å². The molecule has 7 nitrogen and oxygen atoms in total. The molecule has 8 heteroatoms. The number of para-hydroxylation sites is 2. The van der Waals surface area contributed by atoms with Crippen LogP contribution in [-0.2, 0) is 4.79 Å². The number of thioether (sulfide) groups is 1. The smallest absolute Gasteiger partial charge is 0.253 e. The molecule has 2 aromatic heterocycles. The van der Waals surface area contributed by atoms with E-state index in [1.807, 2.05) is 49.4 Å². The molecule has 0 radical (unpaired) electrons. The van der Waals surface area contributed by atoms with Gasteiger partial charge in [-0.15, -0.1) is 5.10 Å². The number of hydrogen-bond acceptors (Lipinski definition) is 6. The van der Waals surface area contributed by atoms with E-state index in [0.717, 1.165) is 5.56 Å². The summed E-state index contributed by atoms with van der Waals surface area (Å²) in [5.74, 6) is 1.80. The maximum atomic E-state index is 12.4. The minimum atomic E-state index is -0.170. The molecule has 2 heterocycles. The Labute approximate surface area is 165 Å². The molecule has 2 aromatic carbocycles. The summed E-state index contributed by atoms with van der Waals surface area (Å²) in [6.07, 6.45) is 3.41. The minimum Gasteiger partial charge on any atom is -0.455 e. The van der Waals surface area contributed by atoms with Gasteiger partial charge in [0.05, 0.1) is 11.4 Å². The number of hydrogen-bond donors (Lipinski definition) is 1. The molecule has 0 fully saturated rings. The lowest BCUT2D eigenvalue weighted by atomic mass is 10.2. The van der Waals surface area contributed by atoms with Crippen LogP contribution < -0.4 is 10.1 Å². The number of benzene rings is 2. The highest BCUT2D eigenvalue weighted by molar-refractivity contribution is 7.99. The van der Waals surface area contributed by atoms with E-state index in [1.165, 1.54) is 11.8 Å². The van der Waals surface area contributed by atoms with Crippen LogP contribution in [0.2, 0.25) is 0 Å². The lowest BCUT2D eigenvalue weighted by molar-refractivity contribution is -0.113. The number of carbonyl (C=O) groups excluding carboxylic acids is 1. The second-order valence-electron chi connectivity index (χ2n) is 6.01. The van der Waals surface area contributed by atoms with Crippen molar-refractivity contribution < 1.29 is 9.53 Å². The number of aromatic nitrogens is 4. The Bertz CT molecular complexity index is 1080. The van der Waals surface area contributed by atoms with Crippen LogP contribution in [0.5, 0.6) is 11.5 Å². The number of carbonyl (C=O) groups is 1. The highest BCUT2D eigenvalue weighted by atomic mass is 32.2. The van der Waals surface area contributed by atoms with Gasteiger partial charge in [-0.1, -0.05) is 41.6 Å². The lowest BCUT2D eigenvalue weighted by Crippen LogP contribution is -2.14. The Balaban J connectivity index is 1.40. The molecule has 0 bridgehead atoms. The Morgan fingerprint density at radius 3 is 2.79 bits per heavy atom. The molecule has 0 aliphatic carbocycles. The van der Waals surface area contributed by atoms with Gasteiger partial charge in [0.2, 0.25) is 11.1 Å². The molecule has 0 aliphatic rings. The maximum absolute atomic E-state index is 12.4. The lowest BCUT2D eigenvalue weighted by Gasteiger charge is -2.12. The van der Waals surface area contributed by atoms with E-state index in [2.05, 4.69) is 20.4 Å². The molecule has 0 saturated heterocycles. The van der Waals surface area contributed by atoms with Crippen LogP contribution in [0.15, 0.2) is 72.1 Å². The molecular weight excluding hydrogens is 374 g/mol. The van der Waals surface area contributed by atoms with Gasteiger partial charge in [0, 0.05) is 12.4 Å². The molecule has 0 spiro atoms. The summed E-state index contributed by atoms with van der Waals surface area (Å²) in [5.41, 5.74) is 1.76. The number of anilines is 1. The van der Waals surface area contributed by atoms with Crippen LogP contribution in [-0.4, -0.2) is 31.2 Å². The first-order chi connectivity index (χ1) is 13.7. The number of rotatable bonds is 6. The fourth-order valence-electron chi connectivity index (χ4n) is 2.48. The van der Waals surface area contributed by atoms with Crippen molar-refractivity contribution in [1.29, 1.82) is 0 Å². The molecule has 0 atom stereocenters. The van der Waals surface area contributed by atoms with E-state index in [1.54, 1.807) is 29.0 Å². The zero-order valence-corrected chi connectivity index (χ0v) is 15.9. The molecular formula is C20H17N5O2S. The summed E-state index contributed by atoms with van der Waals surface area (Å²) in [6.45, 7) is 2.02. The number of fused-ring (bicyclic) bond motifs is 1. The molecule has 140 valence electrons. The van der Waals surface area contributed by atoms with Crippen LogP contribution in [0.4, 0.5) is 5.69 Å². The SMILES string of the molecule is Cc1ccc(Oc2ccccc2NC(=O)CSc2nc3ncccn3n2)cc1. The molecule has 28 heavy (non-hydrogen) atoms. The fourth-order valence-corrected chi connectivity index (χ4v) is 3.11. The van der Waals surface area contributed by atoms with Gasteiger partial charge < -0.3 is 10.1 Å². The average Bonchev–Trinajstić information content (AvgIpc) is 3.13. The molecule has 1 N–H and O–H groups in total. The molecule has 1 amide bonds. The highest BCUT2D eigenvalue weighted by Crippen LogP contribution is 2.29. The predicted octanol–water partition coefficient (Wildman–Crippen LogP) is 3.96.